The lowest BCUT2D eigenvalue weighted by Gasteiger charge is -2.15. The van der Waals surface area contributed by atoms with Crippen LogP contribution in [-0.4, -0.2) is 504 Å². The second-order valence-corrected chi connectivity index (χ2v) is 30.3. The molecule has 0 radical (unpaired) electrons. The molecule has 4 aromatic carbocycles. The van der Waals surface area contributed by atoms with Gasteiger partial charge < -0.3 is 202 Å². The Hall–Kier alpha value is -8.64. The number of aliphatic hydroxyl groups is 8. The molecular formula is C96H146N8O40. The van der Waals surface area contributed by atoms with Gasteiger partial charge >= 0.3 is 0 Å². The molecule has 0 saturated carbocycles. The van der Waals surface area contributed by atoms with Gasteiger partial charge in [-0.25, -0.2) is 29.9 Å². The number of rotatable bonds is 96. The maximum absolute atomic E-state index is 9.18. The van der Waals surface area contributed by atoms with Crippen molar-refractivity contribution in [3.8, 4) is 91.5 Å². The molecule has 0 atom stereocenters. The van der Waals surface area contributed by atoms with Gasteiger partial charge in [-0.2, -0.15) is 0 Å². The van der Waals surface area contributed by atoms with Gasteiger partial charge in [0.25, 0.3) is 0 Å². The molecule has 3 aromatic heterocycles. The van der Waals surface area contributed by atoms with Crippen LogP contribution in [0.25, 0.3) is 89.7 Å². The van der Waals surface area contributed by atoms with Crippen molar-refractivity contribution in [1.29, 1.82) is 0 Å². The highest BCUT2D eigenvalue weighted by atomic mass is 16.6. The highest BCUT2D eigenvalue weighted by Gasteiger charge is 2.29. The SMILES string of the molecule is OCCOCCOCCOCCOc1cc2c(cc1OCCOCCOCCOCCO)-c1nc-2nc2[nH]c(nc3nc(nc4[nH]c(n1)c1cc(OCCOCCOCCOCCO)c(OCCOCCOCCOCCO)cc41)-c1cc(OCCOCCOCCOCCO)c(OCCOCCOCCOCCO)cc1-3)c1cc(OCCOCCOCCOCCO)c(OCCOCCOCCOCCO)cc21. The molecule has 48 heteroatoms. The van der Waals surface area contributed by atoms with Crippen LogP contribution in [0.2, 0.25) is 0 Å². The second-order valence-electron chi connectivity index (χ2n) is 30.3. The molecule has 0 saturated heterocycles. The van der Waals surface area contributed by atoms with Gasteiger partial charge in [-0.1, -0.05) is 0 Å². The maximum atomic E-state index is 9.18. The summed E-state index contributed by atoms with van der Waals surface area (Å²) >= 11 is 0. The van der Waals surface area contributed by atoms with E-state index in [1.807, 2.05) is 0 Å². The molecule has 0 fully saturated rings. The first-order chi connectivity index (χ1) is 71.3. The summed E-state index contributed by atoms with van der Waals surface area (Å²) in [5.74, 6) is 2.72. The van der Waals surface area contributed by atoms with E-state index < -0.39 is 0 Å². The van der Waals surface area contributed by atoms with Crippen LogP contribution < -0.4 is 37.9 Å². The molecule has 7 aromatic rings. The highest BCUT2D eigenvalue weighted by Crippen LogP contribution is 2.46. The van der Waals surface area contributed by atoms with Crippen molar-refractivity contribution in [2.45, 2.75) is 0 Å². The minimum atomic E-state index is -0.105. The van der Waals surface area contributed by atoms with Crippen molar-refractivity contribution in [2.24, 2.45) is 0 Å². The fraction of sp³-hybridized carbons (Fsp3) is 0.667. The normalized spacial score (nSPS) is 11.8. The lowest BCUT2D eigenvalue weighted by molar-refractivity contribution is 0.00239. The average Bonchev–Trinajstić information content (AvgIpc) is 1.58. The van der Waals surface area contributed by atoms with Crippen molar-refractivity contribution in [3.05, 3.63) is 48.5 Å². The topological polar surface area (TPSA) is 566 Å². The Balaban J connectivity index is 1.25. The number of nitrogens with one attached hydrogen (secondary N) is 2. The third-order valence-corrected chi connectivity index (χ3v) is 19.8. The fourth-order valence-electron chi connectivity index (χ4n) is 13.3. The van der Waals surface area contributed by atoms with Crippen LogP contribution in [0.5, 0.6) is 46.0 Å². The van der Waals surface area contributed by atoms with Crippen LogP contribution in [0.4, 0.5) is 0 Å². The summed E-state index contributed by atoms with van der Waals surface area (Å²) in [7, 11) is 0. The van der Waals surface area contributed by atoms with E-state index in [-0.39, 0.29) is 409 Å². The zero-order chi connectivity index (χ0) is 101. The number of H-pyrrole nitrogens is 2. The number of aromatic amines is 2. The quantitative estimate of drug-likeness (QED) is 0.0244. The van der Waals surface area contributed by atoms with Gasteiger partial charge in [0.15, 0.2) is 69.3 Å². The first kappa shape index (κ1) is 119. The fourth-order valence-corrected chi connectivity index (χ4v) is 13.3. The number of nitrogens with zero attached hydrogens (tertiary/aromatic N) is 6. The molecule has 810 valence electrons. The summed E-state index contributed by atoms with van der Waals surface area (Å²) in [6.45, 7) is 10.6. The summed E-state index contributed by atoms with van der Waals surface area (Å²) < 4.78 is 190. The summed E-state index contributed by atoms with van der Waals surface area (Å²) in [4.78, 5) is 39.8. The molecule has 0 spiro atoms. The molecule has 8 bridgehead atoms. The molecule has 0 aliphatic carbocycles. The van der Waals surface area contributed by atoms with E-state index in [4.69, 9.17) is 181 Å². The van der Waals surface area contributed by atoms with Gasteiger partial charge in [0.05, 0.1) is 370 Å². The van der Waals surface area contributed by atoms with E-state index in [0.717, 1.165) is 0 Å². The minimum Gasteiger partial charge on any atom is -0.487 e. The minimum absolute atomic E-state index is 0.0311. The maximum Gasteiger partial charge on any atom is 0.164 e. The third kappa shape index (κ3) is 46.8. The molecule has 0 amide bonds. The van der Waals surface area contributed by atoms with E-state index in [1.165, 1.54) is 0 Å². The van der Waals surface area contributed by atoms with Crippen LogP contribution in [0.3, 0.4) is 0 Å². The van der Waals surface area contributed by atoms with E-state index in [0.29, 0.717) is 150 Å². The monoisotopic (exact) mass is 2050 g/mol. The van der Waals surface area contributed by atoms with Crippen LogP contribution in [0.15, 0.2) is 48.5 Å². The predicted molar refractivity (Wildman–Crippen MR) is 516 cm³/mol. The number of aliphatic hydroxyl groups excluding tert-OH is 8. The second kappa shape index (κ2) is 77.7. The Labute approximate surface area is 835 Å². The Bertz CT molecular complexity index is 4130. The van der Waals surface area contributed by atoms with Gasteiger partial charge in [0, 0.05) is 43.8 Å². The zero-order valence-electron chi connectivity index (χ0n) is 82.2. The van der Waals surface area contributed by atoms with Crippen LogP contribution >= 0.6 is 0 Å². The third-order valence-electron chi connectivity index (χ3n) is 19.8. The molecule has 2 aliphatic rings. The number of aromatic nitrogens is 8. The Kier molecular flexibility index (Phi) is 64.2. The van der Waals surface area contributed by atoms with Crippen molar-refractivity contribution < 1.29 is 192 Å². The van der Waals surface area contributed by atoms with Crippen molar-refractivity contribution in [3.63, 3.8) is 0 Å². The first-order valence-electron chi connectivity index (χ1n) is 48.6. The first-order valence-corrected chi connectivity index (χ1v) is 48.6. The largest absolute Gasteiger partial charge is 0.487 e. The van der Waals surface area contributed by atoms with Crippen molar-refractivity contribution in [2.75, 3.05) is 423 Å². The molecule has 10 N–H and O–H groups in total. The molecule has 9 rings (SSSR count). The van der Waals surface area contributed by atoms with Crippen LogP contribution in [0, 0.1) is 0 Å². The number of hydrogen-bond donors (Lipinski definition) is 10. The summed E-state index contributed by atoms with van der Waals surface area (Å²) in [5, 5.41) is 75.3. The smallest absolute Gasteiger partial charge is 0.164 e. The van der Waals surface area contributed by atoms with Gasteiger partial charge in [-0.15, -0.1) is 0 Å². The van der Waals surface area contributed by atoms with E-state index in [9.17, 15) is 40.9 Å². The molecule has 0 unspecified atom stereocenters. The van der Waals surface area contributed by atoms with Gasteiger partial charge in [0.2, 0.25) is 0 Å². The Morgan fingerprint density at radius 1 is 0.139 bits per heavy atom. The highest BCUT2D eigenvalue weighted by molar-refractivity contribution is 6.08. The number of ether oxygens (including phenoxy) is 32. The van der Waals surface area contributed by atoms with Crippen LogP contribution in [-0.2, 0) is 114 Å². The number of benzene rings is 4. The van der Waals surface area contributed by atoms with Gasteiger partial charge in [-0.3, -0.25) is 0 Å². The summed E-state index contributed by atoms with van der Waals surface area (Å²) in [6.07, 6.45) is 0. The molecule has 5 heterocycles. The lowest BCUT2D eigenvalue weighted by Crippen LogP contribution is -2.14. The molecular weight excluding hydrogens is 1910 g/mol. The zero-order valence-corrected chi connectivity index (χ0v) is 82.2. The Morgan fingerprint density at radius 2 is 0.250 bits per heavy atom. The van der Waals surface area contributed by atoms with Gasteiger partial charge in [0.1, 0.15) is 75.4 Å². The van der Waals surface area contributed by atoms with Crippen molar-refractivity contribution in [1.82, 2.24) is 39.9 Å². The van der Waals surface area contributed by atoms with Crippen molar-refractivity contribution >= 4 is 44.1 Å². The molecule has 48 nitrogen and oxygen atoms in total. The van der Waals surface area contributed by atoms with E-state index in [1.54, 1.807) is 48.5 Å². The number of hydrogen-bond acceptors (Lipinski definition) is 46. The molecule has 144 heavy (non-hydrogen) atoms. The van der Waals surface area contributed by atoms with Crippen LogP contribution in [0.1, 0.15) is 0 Å². The summed E-state index contributed by atoms with van der Waals surface area (Å²) in [6, 6.07) is 14.2. The van der Waals surface area contributed by atoms with Gasteiger partial charge in [-0.05, 0) is 48.5 Å². The average molecular weight is 2050 g/mol. The van der Waals surface area contributed by atoms with E-state index in [2.05, 4.69) is 9.97 Å². The number of fused-ring (bicyclic) bond motifs is 20. The standard InChI is InChI=1S/C96H146N8O40/c105-1-9-113-17-25-121-33-41-129-49-57-137-81-65-73-74(66-82(81)138-58-50-130-42-34-122-26-18-114-10-2-106)90-97-89(73)101-91-75-67-83(139-59-51-131-43-35-123-27-19-115-11-3-107)84(140-60-52-132-44-36-124-28-20-116-12-4-108)68-76(75)93(98-91)103-95-79-71-87(143-63-55-135-47-39-127-31-23-119-15-7-111)88(144-64-56-136-48-40-128-32-24-120-16-8-112)72-80(79)96(100-95)104-94-78-70-86(142-62-54-134-46-38-126-30-22-118-14-6-110)85(69-77(78)92(99-94)102-90)141-61-53-133-45-37-125-29-21-117-13-5-109/h65-72,105-112H,1-64H2,(H2,97,98,99,100,101,102,103,104). The summed E-state index contributed by atoms with van der Waals surface area (Å²) in [5.41, 5.74) is 2.62. The molecule has 2 aliphatic heterocycles. The van der Waals surface area contributed by atoms with E-state index >= 15 is 0 Å². The Morgan fingerprint density at radius 3 is 0.375 bits per heavy atom. The lowest BCUT2D eigenvalue weighted by atomic mass is 10.1. The predicted octanol–water partition coefficient (Wildman–Crippen LogP) is 2.24.